The van der Waals surface area contributed by atoms with Gasteiger partial charge in [-0.25, -0.2) is 0 Å². The lowest BCUT2D eigenvalue weighted by atomic mass is 10.2. The Bertz CT molecular complexity index is 747. The summed E-state index contributed by atoms with van der Waals surface area (Å²) in [5, 5.41) is 9.87. The molecule has 24 heavy (non-hydrogen) atoms. The fraction of sp³-hybridized carbons (Fsp3) is 0.438. The lowest BCUT2D eigenvalue weighted by molar-refractivity contribution is -0.122. The van der Waals surface area contributed by atoms with Crippen LogP contribution in [0, 0.1) is 4.77 Å². The van der Waals surface area contributed by atoms with Crippen molar-refractivity contribution in [3.63, 3.8) is 0 Å². The molecule has 0 aliphatic carbocycles. The Balaban J connectivity index is 1.69. The maximum absolute atomic E-state index is 12.2. The van der Waals surface area contributed by atoms with Crippen LogP contribution in [-0.4, -0.2) is 47.0 Å². The van der Waals surface area contributed by atoms with Crippen molar-refractivity contribution >= 4 is 18.1 Å². The van der Waals surface area contributed by atoms with Crippen LogP contribution in [0.3, 0.4) is 0 Å². The molecule has 128 valence electrons. The minimum absolute atomic E-state index is 0.113. The molecule has 1 unspecified atom stereocenters. The van der Waals surface area contributed by atoms with E-state index in [9.17, 15) is 4.79 Å². The molecule has 3 rings (SSSR count). The lowest BCUT2D eigenvalue weighted by Crippen LogP contribution is -2.34. The van der Waals surface area contributed by atoms with E-state index in [1.54, 1.807) is 11.7 Å². The Labute approximate surface area is 145 Å². The molecule has 2 heterocycles. The number of methoxy groups -OCH3 is 1. The van der Waals surface area contributed by atoms with E-state index in [4.69, 9.17) is 21.7 Å². The molecule has 0 saturated carbocycles. The Morgan fingerprint density at radius 2 is 2.29 bits per heavy atom. The highest BCUT2D eigenvalue weighted by molar-refractivity contribution is 7.71. The molecular weight excluding hydrogens is 328 g/mol. The van der Waals surface area contributed by atoms with Crippen molar-refractivity contribution in [2.24, 2.45) is 0 Å². The molecule has 0 spiro atoms. The van der Waals surface area contributed by atoms with Gasteiger partial charge >= 0.3 is 0 Å². The predicted octanol–water partition coefficient (Wildman–Crippen LogP) is 1.91. The van der Waals surface area contributed by atoms with Crippen molar-refractivity contribution in [1.82, 2.24) is 20.1 Å². The van der Waals surface area contributed by atoms with E-state index < -0.39 is 0 Å². The van der Waals surface area contributed by atoms with Gasteiger partial charge in [-0.15, -0.1) is 0 Å². The summed E-state index contributed by atoms with van der Waals surface area (Å²) in [6, 6.07) is 7.44. The molecule has 8 heteroatoms. The van der Waals surface area contributed by atoms with E-state index in [-0.39, 0.29) is 18.6 Å². The van der Waals surface area contributed by atoms with Gasteiger partial charge in [-0.05, 0) is 49.3 Å². The summed E-state index contributed by atoms with van der Waals surface area (Å²) in [7, 11) is 1.61. The van der Waals surface area contributed by atoms with Gasteiger partial charge in [-0.3, -0.25) is 14.5 Å². The summed E-state index contributed by atoms with van der Waals surface area (Å²) in [4.78, 5) is 12.2. The second kappa shape index (κ2) is 7.59. The first-order valence-electron chi connectivity index (χ1n) is 7.85. The molecule has 1 aliphatic heterocycles. The molecule has 1 fully saturated rings. The molecule has 1 saturated heterocycles. The van der Waals surface area contributed by atoms with Crippen LogP contribution in [0.1, 0.15) is 12.8 Å². The van der Waals surface area contributed by atoms with E-state index in [1.807, 2.05) is 24.3 Å². The van der Waals surface area contributed by atoms with Crippen LogP contribution in [0.25, 0.3) is 11.4 Å². The quantitative estimate of drug-likeness (QED) is 0.780. The molecule has 1 aliphatic rings. The van der Waals surface area contributed by atoms with Crippen molar-refractivity contribution in [3.05, 3.63) is 29.0 Å². The number of nitrogens with zero attached hydrogens (tertiary/aromatic N) is 2. The highest BCUT2D eigenvalue weighted by atomic mass is 32.1. The second-order valence-corrected chi connectivity index (χ2v) is 5.99. The number of aromatic amines is 1. The zero-order valence-corrected chi connectivity index (χ0v) is 14.3. The predicted molar refractivity (Wildman–Crippen MR) is 91.4 cm³/mol. The molecule has 1 aromatic carbocycles. The first-order chi connectivity index (χ1) is 11.7. The smallest absolute Gasteiger partial charge is 0.240 e. The maximum atomic E-state index is 12.2. The number of ether oxygens (including phenoxy) is 2. The minimum Gasteiger partial charge on any atom is -0.497 e. The summed E-state index contributed by atoms with van der Waals surface area (Å²) in [6.07, 6.45) is 2.16. The molecule has 2 aromatic rings. The SMILES string of the molecule is COc1ccc(-c2n[nH]c(=S)n2CC(=O)NCC2CCCO2)cc1. The largest absolute Gasteiger partial charge is 0.497 e. The Morgan fingerprint density at radius 3 is 2.96 bits per heavy atom. The van der Waals surface area contributed by atoms with Crippen LogP contribution in [0.15, 0.2) is 24.3 Å². The van der Waals surface area contributed by atoms with Crippen molar-refractivity contribution in [2.45, 2.75) is 25.5 Å². The number of hydrogen-bond donors (Lipinski definition) is 2. The second-order valence-electron chi connectivity index (χ2n) is 5.61. The summed E-state index contributed by atoms with van der Waals surface area (Å²) >= 11 is 5.25. The molecular formula is C16H20N4O3S. The number of nitrogens with one attached hydrogen (secondary N) is 2. The number of rotatable bonds is 6. The third-order valence-corrected chi connectivity index (χ3v) is 4.27. The third kappa shape index (κ3) is 3.82. The topological polar surface area (TPSA) is 81.2 Å². The zero-order chi connectivity index (χ0) is 16.9. The van der Waals surface area contributed by atoms with Crippen molar-refractivity contribution < 1.29 is 14.3 Å². The summed E-state index contributed by atoms with van der Waals surface area (Å²) < 4.78 is 12.8. The normalized spacial score (nSPS) is 17.0. The van der Waals surface area contributed by atoms with E-state index in [2.05, 4.69) is 15.5 Å². The lowest BCUT2D eigenvalue weighted by Gasteiger charge is -2.12. The number of hydrogen-bond acceptors (Lipinski definition) is 5. The van der Waals surface area contributed by atoms with Crippen molar-refractivity contribution in [3.8, 4) is 17.1 Å². The maximum Gasteiger partial charge on any atom is 0.240 e. The summed E-state index contributed by atoms with van der Waals surface area (Å²) in [5.74, 6) is 1.27. The van der Waals surface area contributed by atoms with E-state index in [1.165, 1.54) is 0 Å². The number of carbonyl (C=O) groups is 1. The molecule has 2 N–H and O–H groups in total. The van der Waals surface area contributed by atoms with Crippen LogP contribution in [0.4, 0.5) is 0 Å². The molecule has 0 bridgehead atoms. The Hall–Kier alpha value is -2.19. The Morgan fingerprint density at radius 1 is 1.50 bits per heavy atom. The number of amides is 1. The molecule has 1 amide bonds. The van der Waals surface area contributed by atoms with E-state index in [0.29, 0.717) is 17.1 Å². The van der Waals surface area contributed by atoms with Gasteiger partial charge in [0.1, 0.15) is 12.3 Å². The van der Waals surface area contributed by atoms with Crippen LogP contribution in [0.2, 0.25) is 0 Å². The van der Waals surface area contributed by atoms with Crippen LogP contribution in [0.5, 0.6) is 5.75 Å². The van der Waals surface area contributed by atoms with E-state index >= 15 is 0 Å². The van der Waals surface area contributed by atoms with Gasteiger partial charge in [0.05, 0.1) is 13.2 Å². The minimum atomic E-state index is -0.113. The first kappa shape index (κ1) is 16.7. The zero-order valence-electron chi connectivity index (χ0n) is 13.4. The molecule has 0 radical (unpaired) electrons. The average Bonchev–Trinajstić information content (AvgIpc) is 3.24. The van der Waals surface area contributed by atoms with Gasteiger partial charge in [0, 0.05) is 18.7 Å². The highest BCUT2D eigenvalue weighted by Gasteiger charge is 2.17. The van der Waals surface area contributed by atoms with Gasteiger partial charge < -0.3 is 14.8 Å². The number of carbonyl (C=O) groups excluding carboxylic acids is 1. The van der Waals surface area contributed by atoms with Gasteiger partial charge in [-0.1, -0.05) is 0 Å². The Kier molecular flexibility index (Phi) is 5.27. The van der Waals surface area contributed by atoms with Gasteiger partial charge in [0.2, 0.25) is 5.91 Å². The monoisotopic (exact) mass is 348 g/mol. The highest BCUT2D eigenvalue weighted by Crippen LogP contribution is 2.20. The fourth-order valence-electron chi connectivity index (χ4n) is 2.66. The summed E-state index contributed by atoms with van der Waals surface area (Å²) in [6.45, 7) is 1.42. The average molecular weight is 348 g/mol. The number of benzene rings is 1. The van der Waals surface area contributed by atoms with Crippen LogP contribution >= 0.6 is 12.2 Å². The van der Waals surface area contributed by atoms with Crippen LogP contribution < -0.4 is 10.1 Å². The van der Waals surface area contributed by atoms with Crippen molar-refractivity contribution in [2.75, 3.05) is 20.3 Å². The van der Waals surface area contributed by atoms with Crippen molar-refractivity contribution in [1.29, 1.82) is 0 Å². The number of aromatic nitrogens is 3. The van der Waals surface area contributed by atoms with Crippen LogP contribution in [-0.2, 0) is 16.1 Å². The molecule has 7 nitrogen and oxygen atoms in total. The van der Waals surface area contributed by atoms with Gasteiger partial charge in [0.15, 0.2) is 10.6 Å². The van der Waals surface area contributed by atoms with Gasteiger partial charge in [0.25, 0.3) is 0 Å². The standard InChI is InChI=1S/C16H20N4O3S/c1-22-12-6-4-11(5-7-12)15-18-19-16(24)20(15)10-14(21)17-9-13-3-2-8-23-13/h4-7,13H,2-3,8-10H2,1H3,(H,17,21)(H,19,24). The fourth-order valence-corrected chi connectivity index (χ4v) is 2.85. The van der Waals surface area contributed by atoms with Gasteiger partial charge in [-0.2, -0.15) is 5.10 Å². The number of H-pyrrole nitrogens is 1. The first-order valence-corrected chi connectivity index (χ1v) is 8.26. The third-order valence-electron chi connectivity index (χ3n) is 3.96. The summed E-state index contributed by atoms with van der Waals surface area (Å²) in [5.41, 5.74) is 0.857. The molecule has 1 aromatic heterocycles. The molecule has 1 atom stereocenters. The van der Waals surface area contributed by atoms with E-state index in [0.717, 1.165) is 30.8 Å².